The van der Waals surface area contributed by atoms with E-state index in [1.807, 2.05) is 35.2 Å². The molecule has 0 spiro atoms. The monoisotopic (exact) mass is 423 g/mol. The number of nitrogens with zero attached hydrogens (tertiary/aromatic N) is 4. The summed E-state index contributed by atoms with van der Waals surface area (Å²) in [7, 11) is 0. The number of piperazine rings is 1. The van der Waals surface area contributed by atoms with Crippen LogP contribution in [0, 0.1) is 6.92 Å². The van der Waals surface area contributed by atoms with Crippen molar-refractivity contribution in [2.24, 2.45) is 0 Å². The number of carbonyl (C=O) groups excluding carboxylic acids is 1. The van der Waals surface area contributed by atoms with Crippen LogP contribution in [0.3, 0.4) is 0 Å². The Morgan fingerprint density at radius 3 is 2.57 bits per heavy atom. The van der Waals surface area contributed by atoms with Crippen LogP contribution in [0.15, 0.2) is 64.5 Å². The second kappa shape index (κ2) is 9.21. The number of aromatic amines is 1. The average molecular weight is 424 g/mol. The molecule has 0 atom stereocenters. The fraction of sp³-hybridized carbons (Fsp3) is 0.318. The molecule has 2 heterocycles. The highest BCUT2D eigenvalue weighted by Crippen LogP contribution is 2.19. The summed E-state index contributed by atoms with van der Waals surface area (Å²) in [5, 5.41) is 7.13. The SMILES string of the molecule is Cc1cccc(N2CCN(C(=O)CSc3n[nH]c(=O)n3Cc3ccccc3)CC2)c1. The first-order valence-electron chi connectivity index (χ1n) is 10.0. The van der Waals surface area contributed by atoms with Gasteiger partial charge in [0.15, 0.2) is 5.16 Å². The van der Waals surface area contributed by atoms with Crippen LogP contribution in [0.5, 0.6) is 0 Å². The summed E-state index contributed by atoms with van der Waals surface area (Å²) in [4.78, 5) is 29.0. The van der Waals surface area contributed by atoms with Crippen molar-refractivity contribution in [1.82, 2.24) is 19.7 Å². The van der Waals surface area contributed by atoms with Crippen LogP contribution in [-0.2, 0) is 11.3 Å². The Kier molecular flexibility index (Phi) is 6.23. The summed E-state index contributed by atoms with van der Waals surface area (Å²) in [5.41, 5.74) is 3.20. The minimum atomic E-state index is -0.263. The quantitative estimate of drug-likeness (QED) is 0.616. The molecule has 1 saturated heterocycles. The lowest BCUT2D eigenvalue weighted by molar-refractivity contribution is -0.128. The van der Waals surface area contributed by atoms with Gasteiger partial charge in [-0.3, -0.25) is 9.36 Å². The van der Waals surface area contributed by atoms with Crippen molar-refractivity contribution < 1.29 is 4.79 Å². The lowest BCUT2D eigenvalue weighted by Gasteiger charge is -2.36. The molecule has 0 bridgehead atoms. The van der Waals surface area contributed by atoms with Gasteiger partial charge in [-0.05, 0) is 30.2 Å². The van der Waals surface area contributed by atoms with E-state index in [1.54, 1.807) is 4.57 Å². The molecule has 156 valence electrons. The number of amides is 1. The molecule has 0 saturated carbocycles. The van der Waals surface area contributed by atoms with Crippen LogP contribution in [0.1, 0.15) is 11.1 Å². The molecule has 1 N–H and O–H groups in total. The van der Waals surface area contributed by atoms with Gasteiger partial charge in [-0.2, -0.15) is 0 Å². The van der Waals surface area contributed by atoms with E-state index in [0.29, 0.717) is 24.8 Å². The number of rotatable bonds is 6. The molecule has 30 heavy (non-hydrogen) atoms. The largest absolute Gasteiger partial charge is 0.368 e. The number of hydrogen-bond acceptors (Lipinski definition) is 5. The van der Waals surface area contributed by atoms with Gasteiger partial charge in [-0.25, -0.2) is 9.89 Å². The normalized spacial score (nSPS) is 14.2. The molecule has 1 aliphatic heterocycles. The third kappa shape index (κ3) is 4.76. The number of thioether (sulfide) groups is 1. The van der Waals surface area contributed by atoms with Gasteiger partial charge in [0.05, 0.1) is 12.3 Å². The smallest absolute Gasteiger partial charge is 0.344 e. The number of aryl methyl sites for hydroxylation is 1. The number of H-pyrrole nitrogens is 1. The summed E-state index contributed by atoms with van der Waals surface area (Å²) >= 11 is 1.30. The highest BCUT2D eigenvalue weighted by atomic mass is 32.2. The summed E-state index contributed by atoms with van der Waals surface area (Å²) in [6, 6.07) is 18.2. The van der Waals surface area contributed by atoms with Gasteiger partial charge in [0.2, 0.25) is 5.91 Å². The fourth-order valence-electron chi connectivity index (χ4n) is 3.58. The van der Waals surface area contributed by atoms with Crippen LogP contribution in [0.4, 0.5) is 5.69 Å². The van der Waals surface area contributed by atoms with Gasteiger partial charge < -0.3 is 9.80 Å². The molecule has 3 aromatic rings. The van der Waals surface area contributed by atoms with Crippen molar-refractivity contribution in [2.75, 3.05) is 36.8 Å². The van der Waals surface area contributed by atoms with Gasteiger partial charge >= 0.3 is 5.69 Å². The summed E-state index contributed by atoms with van der Waals surface area (Å²) in [6.07, 6.45) is 0. The zero-order valence-electron chi connectivity index (χ0n) is 17.0. The third-order valence-corrected chi connectivity index (χ3v) is 6.19. The molecule has 1 aliphatic rings. The highest BCUT2D eigenvalue weighted by molar-refractivity contribution is 7.99. The number of nitrogens with one attached hydrogen (secondary N) is 1. The average Bonchev–Trinajstić information content (AvgIpc) is 3.12. The summed E-state index contributed by atoms with van der Waals surface area (Å²) in [6.45, 7) is 5.56. The van der Waals surface area contributed by atoms with E-state index in [4.69, 9.17) is 0 Å². The molecular weight excluding hydrogens is 398 g/mol. The topological polar surface area (TPSA) is 74.2 Å². The first-order valence-corrected chi connectivity index (χ1v) is 11.0. The predicted octanol–water partition coefficient (Wildman–Crippen LogP) is 2.37. The molecule has 1 fully saturated rings. The zero-order valence-corrected chi connectivity index (χ0v) is 17.8. The maximum absolute atomic E-state index is 12.7. The maximum Gasteiger partial charge on any atom is 0.344 e. The second-order valence-corrected chi connectivity index (χ2v) is 8.32. The van der Waals surface area contributed by atoms with E-state index < -0.39 is 0 Å². The molecule has 8 heteroatoms. The first-order chi connectivity index (χ1) is 14.6. The molecule has 1 amide bonds. The fourth-order valence-corrected chi connectivity index (χ4v) is 4.42. The van der Waals surface area contributed by atoms with Crippen molar-refractivity contribution in [2.45, 2.75) is 18.6 Å². The van der Waals surface area contributed by atoms with Crippen molar-refractivity contribution in [3.63, 3.8) is 0 Å². The van der Waals surface area contributed by atoms with Gasteiger partial charge in [0, 0.05) is 31.9 Å². The lowest BCUT2D eigenvalue weighted by Crippen LogP contribution is -2.49. The minimum Gasteiger partial charge on any atom is -0.368 e. The predicted molar refractivity (Wildman–Crippen MR) is 119 cm³/mol. The molecule has 7 nitrogen and oxygen atoms in total. The Bertz CT molecular complexity index is 1050. The van der Waals surface area contributed by atoms with Gasteiger partial charge in [0.1, 0.15) is 0 Å². The van der Waals surface area contributed by atoms with Crippen molar-refractivity contribution in [3.8, 4) is 0 Å². The van der Waals surface area contributed by atoms with E-state index in [2.05, 4.69) is 46.3 Å². The summed E-state index contributed by atoms with van der Waals surface area (Å²) in [5.74, 6) is 0.342. The Labute approximate surface area is 179 Å². The van der Waals surface area contributed by atoms with Gasteiger partial charge in [0.25, 0.3) is 0 Å². The van der Waals surface area contributed by atoms with E-state index in [0.717, 1.165) is 18.7 Å². The van der Waals surface area contributed by atoms with Crippen LogP contribution in [0.2, 0.25) is 0 Å². The maximum atomic E-state index is 12.7. The standard InChI is InChI=1S/C22H25N5O2S/c1-17-6-5-9-19(14-17)25-10-12-26(13-11-25)20(28)16-30-22-24-23-21(29)27(22)15-18-7-3-2-4-8-18/h2-9,14H,10-13,15-16H2,1H3,(H,23,29). The molecule has 4 rings (SSSR count). The second-order valence-electron chi connectivity index (χ2n) is 7.38. The molecule has 0 unspecified atom stereocenters. The Morgan fingerprint density at radius 2 is 1.83 bits per heavy atom. The number of benzene rings is 2. The molecule has 1 aromatic heterocycles. The zero-order chi connectivity index (χ0) is 20.9. The van der Waals surface area contributed by atoms with Crippen LogP contribution in [0.25, 0.3) is 0 Å². The Hall–Kier alpha value is -3.00. The molecule has 2 aromatic carbocycles. The highest BCUT2D eigenvalue weighted by Gasteiger charge is 2.22. The molecule has 0 aliphatic carbocycles. The van der Waals surface area contributed by atoms with Crippen LogP contribution < -0.4 is 10.6 Å². The Morgan fingerprint density at radius 1 is 1.07 bits per heavy atom. The number of hydrogen-bond donors (Lipinski definition) is 1. The first kappa shape index (κ1) is 20.3. The van der Waals surface area contributed by atoms with Gasteiger partial charge in [-0.15, -0.1) is 5.10 Å². The van der Waals surface area contributed by atoms with E-state index >= 15 is 0 Å². The van der Waals surface area contributed by atoms with Crippen LogP contribution in [-0.4, -0.2) is 57.5 Å². The van der Waals surface area contributed by atoms with E-state index in [9.17, 15) is 9.59 Å². The molecule has 0 radical (unpaired) electrons. The van der Waals surface area contributed by atoms with Crippen molar-refractivity contribution in [1.29, 1.82) is 0 Å². The molecular formula is C22H25N5O2S. The van der Waals surface area contributed by atoms with Crippen LogP contribution >= 0.6 is 11.8 Å². The van der Waals surface area contributed by atoms with Crippen molar-refractivity contribution in [3.05, 3.63) is 76.2 Å². The number of anilines is 1. The Balaban J connectivity index is 1.32. The van der Waals surface area contributed by atoms with E-state index in [1.165, 1.54) is 23.0 Å². The minimum absolute atomic E-state index is 0.0746. The van der Waals surface area contributed by atoms with Gasteiger partial charge in [-0.1, -0.05) is 54.2 Å². The number of carbonyl (C=O) groups is 1. The van der Waals surface area contributed by atoms with E-state index in [-0.39, 0.29) is 17.3 Å². The number of aromatic nitrogens is 3. The lowest BCUT2D eigenvalue weighted by atomic mass is 10.2. The summed E-state index contributed by atoms with van der Waals surface area (Å²) < 4.78 is 1.57. The third-order valence-electron chi connectivity index (χ3n) is 5.23. The van der Waals surface area contributed by atoms with Crippen molar-refractivity contribution >= 4 is 23.4 Å².